The maximum atomic E-state index is 12.0. The Kier molecular flexibility index (Phi) is 6.60. The largest absolute Gasteiger partial charge is 0.507 e. The molecule has 0 aliphatic heterocycles. The van der Waals surface area contributed by atoms with Gasteiger partial charge in [0, 0.05) is 24.5 Å². The van der Waals surface area contributed by atoms with Crippen molar-refractivity contribution in [2.45, 2.75) is 20.8 Å². The minimum absolute atomic E-state index is 0.0342. The second-order valence-corrected chi connectivity index (χ2v) is 5.86. The van der Waals surface area contributed by atoms with E-state index >= 15 is 0 Å². The van der Waals surface area contributed by atoms with Gasteiger partial charge in [0.2, 0.25) is 0 Å². The SMILES string of the molecule is CCN(CC)c1ccc(NC(=O)COC(=O)c2ccc(C)cc2O)cc1. The van der Waals surface area contributed by atoms with E-state index in [1.807, 2.05) is 12.1 Å². The van der Waals surface area contributed by atoms with Crippen molar-refractivity contribution in [2.75, 3.05) is 29.9 Å². The smallest absolute Gasteiger partial charge is 0.342 e. The van der Waals surface area contributed by atoms with Crippen LogP contribution in [0.2, 0.25) is 0 Å². The van der Waals surface area contributed by atoms with E-state index in [2.05, 4.69) is 24.1 Å². The van der Waals surface area contributed by atoms with Crippen molar-refractivity contribution in [1.82, 2.24) is 0 Å². The number of aromatic hydroxyl groups is 1. The second kappa shape index (κ2) is 8.89. The summed E-state index contributed by atoms with van der Waals surface area (Å²) in [5.41, 5.74) is 2.56. The lowest BCUT2D eigenvalue weighted by Crippen LogP contribution is -2.22. The minimum Gasteiger partial charge on any atom is -0.507 e. The Hall–Kier alpha value is -3.02. The Morgan fingerprint density at radius 1 is 1.08 bits per heavy atom. The van der Waals surface area contributed by atoms with Crippen LogP contribution >= 0.6 is 0 Å². The molecule has 0 radical (unpaired) electrons. The molecule has 6 nitrogen and oxygen atoms in total. The van der Waals surface area contributed by atoms with Crippen molar-refractivity contribution in [3.8, 4) is 5.75 Å². The zero-order chi connectivity index (χ0) is 19.1. The van der Waals surface area contributed by atoms with Crippen molar-refractivity contribution in [3.05, 3.63) is 53.6 Å². The molecule has 2 aromatic carbocycles. The molecule has 0 saturated carbocycles. The summed E-state index contributed by atoms with van der Waals surface area (Å²) >= 11 is 0. The summed E-state index contributed by atoms with van der Waals surface area (Å²) in [6.45, 7) is 7.35. The van der Waals surface area contributed by atoms with E-state index < -0.39 is 18.5 Å². The molecule has 0 atom stereocenters. The number of carbonyl (C=O) groups excluding carboxylic acids is 2. The molecule has 26 heavy (non-hydrogen) atoms. The van der Waals surface area contributed by atoms with Gasteiger partial charge in [-0.05, 0) is 62.7 Å². The normalized spacial score (nSPS) is 10.3. The maximum Gasteiger partial charge on any atom is 0.342 e. The van der Waals surface area contributed by atoms with Gasteiger partial charge in [0.05, 0.1) is 0 Å². The van der Waals surface area contributed by atoms with Crippen LogP contribution in [0.3, 0.4) is 0 Å². The molecule has 0 aliphatic rings. The number of nitrogens with zero attached hydrogens (tertiary/aromatic N) is 1. The molecule has 2 rings (SSSR count). The predicted octanol–water partition coefficient (Wildman–Crippen LogP) is 3.34. The summed E-state index contributed by atoms with van der Waals surface area (Å²) < 4.78 is 4.96. The molecule has 1 amide bonds. The van der Waals surface area contributed by atoms with Gasteiger partial charge in [-0.15, -0.1) is 0 Å². The predicted molar refractivity (Wildman–Crippen MR) is 102 cm³/mol. The van der Waals surface area contributed by atoms with E-state index in [1.165, 1.54) is 12.1 Å². The summed E-state index contributed by atoms with van der Waals surface area (Å²) in [7, 11) is 0. The number of esters is 1. The number of amides is 1. The summed E-state index contributed by atoms with van der Waals surface area (Å²) in [6, 6.07) is 12.1. The molecule has 2 aromatic rings. The number of carbonyl (C=O) groups is 2. The van der Waals surface area contributed by atoms with Crippen molar-refractivity contribution in [3.63, 3.8) is 0 Å². The van der Waals surface area contributed by atoms with Crippen LogP contribution in [-0.2, 0) is 9.53 Å². The molecule has 0 fully saturated rings. The van der Waals surface area contributed by atoms with Crippen LogP contribution in [0.5, 0.6) is 5.75 Å². The van der Waals surface area contributed by atoms with Gasteiger partial charge in [-0.1, -0.05) is 6.07 Å². The molecule has 0 spiro atoms. The first kappa shape index (κ1) is 19.3. The quantitative estimate of drug-likeness (QED) is 0.744. The molecule has 6 heteroatoms. The Balaban J connectivity index is 1.89. The molecule has 0 saturated heterocycles. The summed E-state index contributed by atoms with van der Waals surface area (Å²) in [4.78, 5) is 26.1. The van der Waals surface area contributed by atoms with Crippen molar-refractivity contribution < 1.29 is 19.4 Å². The van der Waals surface area contributed by atoms with Crippen LogP contribution < -0.4 is 10.2 Å². The van der Waals surface area contributed by atoms with E-state index in [4.69, 9.17) is 4.74 Å². The molecule has 2 N–H and O–H groups in total. The highest BCUT2D eigenvalue weighted by Crippen LogP contribution is 2.20. The van der Waals surface area contributed by atoms with E-state index in [9.17, 15) is 14.7 Å². The van der Waals surface area contributed by atoms with Gasteiger partial charge in [0.15, 0.2) is 6.61 Å². The zero-order valence-corrected chi connectivity index (χ0v) is 15.3. The number of nitrogens with one attached hydrogen (secondary N) is 1. The number of anilines is 2. The van der Waals surface area contributed by atoms with Gasteiger partial charge >= 0.3 is 5.97 Å². The molecular formula is C20H24N2O4. The second-order valence-electron chi connectivity index (χ2n) is 5.86. The van der Waals surface area contributed by atoms with Crippen molar-refractivity contribution in [1.29, 1.82) is 0 Å². The number of phenols is 1. The lowest BCUT2D eigenvalue weighted by atomic mass is 10.1. The number of hydrogen-bond donors (Lipinski definition) is 2. The van der Waals surface area contributed by atoms with Crippen molar-refractivity contribution >= 4 is 23.3 Å². The first-order chi connectivity index (χ1) is 12.4. The number of rotatable bonds is 7. The van der Waals surface area contributed by atoms with Crippen LogP contribution in [0, 0.1) is 6.92 Å². The average Bonchev–Trinajstić information content (AvgIpc) is 2.62. The third-order valence-corrected chi connectivity index (χ3v) is 3.99. The Morgan fingerprint density at radius 2 is 1.73 bits per heavy atom. The average molecular weight is 356 g/mol. The van der Waals surface area contributed by atoms with Crippen LogP contribution in [0.15, 0.2) is 42.5 Å². The maximum absolute atomic E-state index is 12.0. The van der Waals surface area contributed by atoms with Crippen LogP contribution in [0.1, 0.15) is 29.8 Å². The van der Waals surface area contributed by atoms with E-state index in [0.29, 0.717) is 5.69 Å². The lowest BCUT2D eigenvalue weighted by Gasteiger charge is -2.21. The fourth-order valence-corrected chi connectivity index (χ4v) is 2.56. The van der Waals surface area contributed by atoms with Crippen LogP contribution in [-0.4, -0.2) is 36.7 Å². The highest BCUT2D eigenvalue weighted by molar-refractivity contribution is 5.96. The summed E-state index contributed by atoms with van der Waals surface area (Å²) in [5, 5.41) is 12.4. The topological polar surface area (TPSA) is 78.9 Å². The lowest BCUT2D eigenvalue weighted by molar-refractivity contribution is -0.119. The fourth-order valence-electron chi connectivity index (χ4n) is 2.56. The van der Waals surface area contributed by atoms with Gasteiger partial charge in [-0.25, -0.2) is 4.79 Å². The molecule has 0 aliphatic carbocycles. The number of hydrogen-bond acceptors (Lipinski definition) is 5. The van der Waals surface area contributed by atoms with E-state index in [-0.39, 0.29) is 11.3 Å². The Bertz CT molecular complexity index is 768. The van der Waals surface area contributed by atoms with Gasteiger partial charge in [-0.3, -0.25) is 4.79 Å². The summed E-state index contributed by atoms with van der Waals surface area (Å²) in [6.07, 6.45) is 0. The van der Waals surface area contributed by atoms with Crippen LogP contribution in [0.25, 0.3) is 0 Å². The molecule has 0 bridgehead atoms. The molecular weight excluding hydrogens is 332 g/mol. The molecule has 0 unspecified atom stereocenters. The first-order valence-corrected chi connectivity index (χ1v) is 8.56. The molecule has 0 aromatic heterocycles. The summed E-state index contributed by atoms with van der Waals surface area (Å²) in [5.74, 6) is -1.35. The first-order valence-electron chi connectivity index (χ1n) is 8.56. The Labute approximate surface area is 153 Å². The van der Waals surface area contributed by atoms with Crippen LogP contribution in [0.4, 0.5) is 11.4 Å². The number of benzene rings is 2. The van der Waals surface area contributed by atoms with Gasteiger partial charge in [-0.2, -0.15) is 0 Å². The number of phenolic OH excluding ortho intramolecular Hbond substituents is 1. The fraction of sp³-hybridized carbons (Fsp3) is 0.300. The number of aryl methyl sites for hydroxylation is 1. The highest BCUT2D eigenvalue weighted by Gasteiger charge is 2.14. The van der Waals surface area contributed by atoms with E-state index in [1.54, 1.807) is 25.1 Å². The van der Waals surface area contributed by atoms with Gasteiger partial charge in [0.1, 0.15) is 11.3 Å². The third kappa shape index (κ3) is 4.99. The minimum atomic E-state index is -0.741. The molecule has 138 valence electrons. The highest BCUT2D eigenvalue weighted by atomic mass is 16.5. The Morgan fingerprint density at radius 3 is 2.31 bits per heavy atom. The van der Waals surface area contributed by atoms with Gasteiger partial charge in [0.25, 0.3) is 5.91 Å². The standard InChI is InChI=1S/C20H24N2O4/c1-4-22(5-2)16-9-7-15(8-10-16)21-19(24)13-26-20(25)17-11-6-14(3)12-18(17)23/h6-12,23H,4-5,13H2,1-3H3,(H,21,24). The van der Waals surface area contributed by atoms with Crippen molar-refractivity contribution in [2.24, 2.45) is 0 Å². The third-order valence-electron chi connectivity index (χ3n) is 3.99. The molecule has 0 heterocycles. The van der Waals surface area contributed by atoms with E-state index in [0.717, 1.165) is 24.3 Å². The zero-order valence-electron chi connectivity index (χ0n) is 15.3. The monoisotopic (exact) mass is 356 g/mol. The number of ether oxygens (including phenoxy) is 1. The van der Waals surface area contributed by atoms with Gasteiger partial charge < -0.3 is 20.1 Å².